The third-order valence-corrected chi connectivity index (χ3v) is 2.86. The van der Waals surface area contributed by atoms with Crippen molar-refractivity contribution in [1.29, 1.82) is 0 Å². The van der Waals surface area contributed by atoms with Crippen molar-refractivity contribution in [2.75, 3.05) is 6.54 Å². The Balaban J connectivity index is 1.77. The van der Waals surface area contributed by atoms with Crippen LogP contribution < -0.4 is 11.1 Å². The first kappa shape index (κ1) is 9.97. The standard InChI is InChI=1S/C11H15ClN2/c12-10-3-1-9(2-4-10)7-14-8-11(13)5-6-11/h1-4,14H,5-8,13H2. The molecule has 0 bridgehead atoms. The van der Waals surface area contributed by atoms with Gasteiger partial charge in [0.15, 0.2) is 0 Å². The topological polar surface area (TPSA) is 38.0 Å². The summed E-state index contributed by atoms with van der Waals surface area (Å²) in [5.74, 6) is 0. The molecule has 0 unspecified atom stereocenters. The number of halogens is 1. The average molecular weight is 211 g/mol. The van der Waals surface area contributed by atoms with Gasteiger partial charge >= 0.3 is 0 Å². The molecule has 1 aliphatic carbocycles. The van der Waals surface area contributed by atoms with E-state index in [0.29, 0.717) is 0 Å². The molecule has 3 heteroatoms. The molecule has 1 aromatic carbocycles. The molecule has 2 nitrogen and oxygen atoms in total. The van der Waals surface area contributed by atoms with Crippen molar-refractivity contribution in [1.82, 2.24) is 5.32 Å². The van der Waals surface area contributed by atoms with Crippen LogP contribution in [0.2, 0.25) is 5.02 Å². The van der Waals surface area contributed by atoms with E-state index in [2.05, 4.69) is 5.32 Å². The number of rotatable bonds is 4. The highest BCUT2D eigenvalue weighted by atomic mass is 35.5. The summed E-state index contributed by atoms with van der Waals surface area (Å²) in [6.07, 6.45) is 2.31. The summed E-state index contributed by atoms with van der Waals surface area (Å²) in [7, 11) is 0. The van der Waals surface area contributed by atoms with Crippen LogP contribution in [0.15, 0.2) is 24.3 Å². The van der Waals surface area contributed by atoms with Gasteiger partial charge in [-0.25, -0.2) is 0 Å². The molecule has 0 aliphatic heterocycles. The predicted molar refractivity (Wildman–Crippen MR) is 59.3 cm³/mol. The Bertz CT molecular complexity index is 304. The molecule has 0 radical (unpaired) electrons. The second kappa shape index (κ2) is 3.89. The van der Waals surface area contributed by atoms with Gasteiger partial charge in [-0.05, 0) is 30.5 Å². The van der Waals surface area contributed by atoms with Crippen molar-refractivity contribution < 1.29 is 0 Å². The van der Waals surface area contributed by atoms with Gasteiger partial charge in [-0.1, -0.05) is 23.7 Å². The van der Waals surface area contributed by atoms with Crippen LogP contribution >= 0.6 is 11.6 Å². The number of nitrogens with one attached hydrogen (secondary N) is 1. The maximum atomic E-state index is 5.95. The molecule has 0 atom stereocenters. The quantitative estimate of drug-likeness (QED) is 0.797. The molecular weight excluding hydrogens is 196 g/mol. The van der Waals surface area contributed by atoms with Gasteiger partial charge in [0.05, 0.1) is 0 Å². The van der Waals surface area contributed by atoms with Crippen LogP contribution in [0.3, 0.4) is 0 Å². The van der Waals surface area contributed by atoms with Crippen molar-refractivity contribution in [2.24, 2.45) is 5.73 Å². The minimum Gasteiger partial charge on any atom is -0.324 e. The largest absolute Gasteiger partial charge is 0.324 e. The van der Waals surface area contributed by atoms with Gasteiger partial charge in [0.1, 0.15) is 0 Å². The van der Waals surface area contributed by atoms with Crippen molar-refractivity contribution in [3.63, 3.8) is 0 Å². The fourth-order valence-electron chi connectivity index (χ4n) is 1.40. The zero-order valence-electron chi connectivity index (χ0n) is 8.09. The van der Waals surface area contributed by atoms with E-state index >= 15 is 0 Å². The Morgan fingerprint density at radius 1 is 1.29 bits per heavy atom. The fraction of sp³-hybridized carbons (Fsp3) is 0.455. The van der Waals surface area contributed by atoms with Crippen LogP contribution in [-0.4, -0.2) is 12.1 Å². The van der Waals surface area contributed by atoms with E-state index in [9.17, 15) is 0 Å². The van der Waals surface area contributed by atoms with Gasteiger partial charge in [-0.15, -0.1) is 0 Å². The van der Waals surface area contributed by atoms with Gasteiger partial charge in [-0.2, -0.15) is 0 Å². The molecule has 0 aromatic heterocycles. The van der Waals surface area contributed by atoms with Crippen LogP contribution in [0.25, 0.3) is 0 Å². The maximum absolute atomic E-state index is 5.95. The van der Waals surface area contributed by atoms with Gasteiger partial charge in [0, 0.05) is 23.7 Å². The third kappa shape index (κ3) is 2.71. The molecule has 1 fully saturated rings. The molecule has 1 aliphatic rings. The molecule has 1 aromatic rings. The molecule has 0 amide bonds. The van der Waals surface area contributed by atoms with Crippen molar-refractivity contribution in [2.45, 2.75) is 24.9 Å². The Labute approximate surface area is 89.4 Å². The van der Waals surface area contributed by atoms with Gasteiger partial charge < -0.3 is 11.1 Å². The minimum atomic E-state index is 0.0897. The summed E-state index contributed by atoms with van der Waals surface area (Å²) in [4.78, 5) is 0. The lowest BCUT2D eigenvalue weighted by Gasteiger charge is -2.09. The highest BCUT2D eigenvalue weighted by molar-refractivity contribution is 6.30. The zero-order valence-corrected chi connectivity index (χ0v) is 8.85. The van der Waals surface area contributed by atoms with E-state index in [4.69, 9.17) is 17.3 Å². The highest BCUT2D eigenvalue weighted by Gasteiger charge is 2.37. The van der Waals surface area contributed by atoms with Crippen LogP contribution in [-0.2, 0) is 6.54 Å². The van der Waals surface area contributed by atoms with E-state index < -0.39 is 0 Å². The number of nitrogens with two attached hydrogens (primary N) is 1. The van der Waals surface area contributed by atoms with Crippen molar-refractivity contribution in [3.05, 3.63) is 34.9 Å². The number of hydrogen-bond acceptors (Lipinski definition) is 2. The first-order valence-electron chi connectivity index (χ1n) is 4.92. The second-order valence-corrected chi connectivity index (χ2v) is 4.53. The van der Waals surface area contributed by atoms with Gasteiger partial charge in [0.25, 0.3) is 0 Å². The van der Waals surface area contributed by atoms with E-state index in [1.54, 1.807) is 0 Å². The molecule has 2 rings (SSSR count). The predicted octanol–water partition coefficient (Wildman–Crippen LogP) is 1.92. The summed E-state index contributed by atoms with van der Waals surface area (Å²) in [5, 5.41) is 4.14. The number of benzene rings is 1. The second-order valence-electron chi connectivity index (χ2n) is 4.09. The monoisotopic (exact) mass is 210 g/mol. The molecule has 14 heavy (non-hydrogen) atoms. The van der Waals surface area contributed by atoms with E-state index in [1.165, 1.54) is 5.56 Å². The van der Waals surface area contributed by atoms with Crippen molar-refractivity contribution >= 4 is 11.6 Å². The van der Waals surface area contributed by atoms with E-state index in [1.807, 2.05) is 24.3 Å². The first-order valence-corrected chi connectivity index (χ1v) is 5.30. The van der Waals surface area contributed by atoms with Crippen LogP contribution in [0.5, 0.6) is 0 Å². The van der Waals surface area contributed by atoms with Gasteiger partial charge in [0.2, 0.25) is 0 Å². The summed E-state index contributed by atoms with van der Waals surface area (Å²) < 4.78 is 0. The molecule has 1 saturated carbocycles. The zero-order chi connectivity index (χ0) is 10.0. The third-order valence-electron chi connectivity index (χ3n) is 2.61. The fourth-order valence-corrected chi connectivity index (χ4v) is 1.52. The van der Waals surface area contributed by atoms with E-state index in [-0.39, 0.29) is 5.54 Å². The molecule has 0 spiro atoms. The lowest BCUT2D eigenvalue weighted by Crippen LogP contribution is -2.35. The smallest absolute Gasteiger partial charge is 0.0406 e. The summed E-state index contributed by atoms with van der Waals surface area (Å²) in [6, 6.07) is 7.89. The molecule has 0 saturated heterocycles. The Kier molecular flexibility index (Phi) is 2.77. The number of hydrogen-bond donors (Lipinski definition) is 2. The Morgan fingerprint density at radius 3 is 2.50 bits per heavy atom. The molecular formula is C11H15ClN2. The normalized spacial score (nSPS) is 18.1. The maximum Gasteiger partial charge on any atom is 0.0406 e. The molecule has 3 N–H and O–H groups in total. The average Bonchev–Trinajstić information content (AvgIpc) is 2.88. The lowest BCUT2D eigenvalue weighted by atomic mass is 10.2. The summed E-state index contributed by atoms with van der Waals surface area (Å²) in [6.45, 7) is 1.78. The minimum absolute atomic E-state index is 0.0897. The molecule has 0 heterocycles. The van der Waals surface area contributed by atoms with Crippen molar-refractivity contribution in [3.8, 4) is 0 Å². The first-order chi connectivity index (χ1) is 6.68. The SMILES string of the molecule is NC1(CNCc2ccc(Cl)cc2)CC1. The Morgan fingerprint density at radius 2 is 1.93 bits per heavy atom. The Hall–Kier alpha value is -0.570. The summed E-state index contributed by atoms with van der Waals surface area (Å²) >= 11 is 5.79. The van der Waals surface area contributed by atoms with Crippen LogP contribution in [0.1, 0.15) is 18.4 Å². The summed E-state index contributed by atoms with van der Waals surface area (Å²) in [5.41, 5.74) is 7.29. The highest BCUT2D eigenvalue weighted by Crippen LogP contribution is 2.30. The van der Waals surface area contributed by atoms with Crippen LogP contribution in [0, 0.1) is 0 Å². The van der Waals surface area contributed by atoms with E-state index in [0.717, 1.165) is 31.0 Å². The van der Waals surface area contributed by atoms with Crippen LogP contribution in [0.4, 0.5) is 0 Å². The lowest BCUT2D eigenvalue weighted by molar-refractivity contribution is 0.569. The molecule has 76 valence electrons. The van der Waals surface area contributed by atoms with Gasteiger partial charge in [-0.3, -0.25) is 0 Å².